The van der Waals surface area contributed by atoms with Gasteiger partial charge in [-0.3, -0.25) is 0 Å². The molecule has 6 heteroatoms. The molecule has 0 fully saturated rings. The van der Waals surface area contributed by atoms with Crippen LogP contribution in [0.1, 0.15) is 0 Å². The summed E-state index contributed by atoms with van der Waals surface area (Å²) in [7, 11) is -2.20. The summed E-state index contributed by atoms with van der Waals surface area (Å²) in [5.41, 5.74) is -2.00. The summed E-state index contributed by atoms with van der Waals surface area (Å²) < 4.78 is 36.0. The average Bonchev–Trinajstić information content (AvgIpc) is 1.96. The normalized spacial score (nSPS) is 12.5. The van der Waals surface area contributed by atoms with Gasteiger partial charge in [0.05, 0.1) is 0 Å². The van der Waals surface area contributed by atoms with Gasteiger partial charge < -0.3 is 10.0 Å². The maximum absolute atomic E-state index is 12.0. The molecule has 0 aromatic heterocycles. The molecule has 0 atom stereocenters. The van der Waals surface area contributed by atoms with Crippen molar-refractivity contribution in [1.29, 1.82) is 0 Å². The zero-order valence-electron chi connectivity index (χ0n) is 6.67. The summed E-state index contributed by atoms with van der Waals surface area (Å²) in [6, 6.07) is 0. The monoisotopic (exact) mass is 192 g/mol. The fraction of sp³-hybridized carbons (Fsp3) is 0.143. The van der Waals surface area contributed by atoms with Crippen molar-refractivity contribution in [2.45, 2.75) is 6.18 Å². The second-order valence-electron chi connectivity index (χ2n) is 2.21. The topological polar surface area (TPSA) is 40.5 Å². The van der Waals surface area contributed by atoms with Crippen molar-refractivity contribution in [2.24, 2.45) is 0 Å². The van der Waals surface area contributed by atoms with Gasteiger partial charge in [-0.05, 0) is 5.47 Å². The van der Waals surface area contributed by atoms with Gasteiger partial charge in [-0.2, -0.15) is 13.2 Å². The Bertz CT molecular complexity index is 243. The lowest BCUT2D eigenvalue weighted by atomic mass is 9.74. The predicted molar refractivity (Wildman–Crippen MR) is 43.7 cm³/mol. The molecule has 0 aromatic rings. The Labute approximate surface area is 73.8 Å². The third-order valence-corrected chi connectivity index (χ3v) is 1.27. The van der Waals surface area contributed by atoms with Gasteiger partial charge in [0.1, 0.15) is 0 Å². The van der Waals surface area contributed by atoms with Crippen LogP contribution in [0, 0.1) is 0 Å². The van der Waals surface area contributed by atoms with Crippen LogP contribution < -0.4 is 0 Å². The van der Waals surface area contributed by atoms with Crippen LogP contribution in [0.5, 0.6) is 0 Å². The molecule has 0 aromatic carbocycles. The number of alkyl halides is 3. The molecule has 0 rings (SSSR count). The number of allylic oxidation sites excluding steroid dienone is 4. The van der Waals surface area contributed by atoms with Crippen LogP contribution in [0.4, 0.5) is 13.2 Å². The van der Waals surface area contributed by atoms with Gasteiger partial charge in [0, 0.05) is 5.57 Å². The first kappa shape index (κ1) is 12.0. The minimum Gasteiger partial charge on any atom is -0.423 e. The molecule has 0 unspecified atom stereocenters. The second kappa shape index (κ2) is 4.29. The molecule has 2 N–H and O–H groups in total. The third-order valence-electron chi connectivity index (χ3n) is 1.27. The fourth-order valence-corrected chi connectivity index (χ4v) is 0.633. The second-order valence-corrected chi connectivity index (χ2v) is 2.21. The van der Waals surface area contributed by atoms with Gasteiger partial charge in [0.15, 0.2) is 0 Å². The van der Waals surface area contributed by atoms with Gasteiger partial charge in [-0.15, -0.1) is 0 Å². The van der Waals surface area contributed by atoms with Gasteiger partial charge in [-0.25, -0.2) is 0 Å². The Morgan fingerprint density at radius 1 is 1.31 bits per heavy atom. The Balaban J connectivity index is 4.89. The van der Waals surface area contributed by atoms with E-state index in [1.54, 1.807) is 0 Å². The molecule has 0 saturated heterocycles. The van der Waals surface area contributed by atoms with E-state index in [1.807, 2.05) is 0 Å². The molecule has 2 nitrogen and oxygen atoms in total. The molecule has 0 aliphatic carbocycles. The van der Waals surface area contributed by atoms with E-state index in [0.29, 0.717) is 0 Å². The van der Waals surface area contributed by atoms with E-state index in [0.717, 1.165) is 12.2 Å². The molecule has 13 heavy (non-hydrogen) atoms. The van der Waals surface area contributed by atoms with E-state index >= 15 is 0 Å². The van der Waals surface area contributed by atoms with Crippen molar-refractivity contribution >= 4 is 7.12 Å². The maximum atomic E-state index is 12.0. The molecule has 0 spiro atoms. The van der Waals surface area contributed by atoms with Crippen molar-refractivity contribution in [3.8, 4) is 0 Å². The SMILES string of the molecule is C=C/C=C(/B(O)O)C(=C)C(F)(F)F. The number of halogens is 3. The van der Waals surface area contributed by atoms with Gasteiger partial charge in [-0.1, -0.05) is 25.3 Å². The summed E-state index contributed by atoms with van der Waals surface area (Å²) in [5.74, 6) is 0. The Kier molecular flexibility index (Phi) is 3.96. The van der Waals surface area contributed by atoms with Crippen molar-refractivity contribution < 1.29 is 23.2 Å². The first-order valence-corrected chi connectivity index (χ1v) is 3.26. The van der Waals surface area contributed by atoms with E-state index < -0.39 is 24.3 Å². The molecule has 0 saturated carbocycles. The van der Waals surface area contributed by atoms with Crippen LogP contribution in [0.3, 0.4) is 0 Å². The third kappa shape index (κ3) is 3.48. The highest BCUT2D eigenvalue weighted by molar-refractivity contribution is 6.52. The molecule has 72 valence electrons. The van der Waals surface area contributed by atoms with Gasteiger partial charge in [0.25, 0.3) is 0 Å². The lowest BCUT2D eigenvalue weighted by Gasteiger charge is -2.12. The summed E-state index contributed by atoms with van der Waals surface area (Å²) in [6.45, 7) is 5.85. The van der Waals surface area contributed by atoms with Crippen molar-refractivity contribution in [2.75, 3.05) is 0 Å². The van der Waals surface area contributed by atoms with Gasteiger partial charge in [0.2, 0.25) is 0 Å². The lowest BCUT2D eigenvalue weighted by molar-refractivity contribution is -0.0886. The highest BCUT2D eigenvalue weighted by Crippen LogP contribution is 2.29. The van der Waals surface area contributed by atoms with Crippen LogP contribution >= 0.6 is 0 Å². The first-order chi connectivity index (χ1) is 5.80. The molecule has 0 heterocycles. The highest BCUT2D eigenvalue weighted by atomic mass is 19.4. The Hall–Kier alpha value is -1.01. The molecule has 0 amide bonds. The smallest absolute Gasteiger partial charge is 0.423 e. The maximum Gasteiger partial charge on any atom is 0.489 e. The van der Waals surface area contributed by atoms with Crippen molar-refractivity contribution in [1.82, 2.24) is 0 Å². The molecular weight excluding hydrogens is 184 g/mol. The minimum atomic E-state index is -4.67. The zero-order valence-corrected chi connectivity index (χ0v) is 6.67. The summed E-state index contributed by atoms with van der Waals surface area (Å²) in [4.78, 5) is 0. The average molecular weight is 192 g/mol. The summed E-state index contributed by atoms with van der Waals surface area (Å²) in [6.07, 6.45) is -2.80. The molecular formula is C7H8BF3O2. The number of rotatable bonds is 3. The molecule has 0 aliphatic heterocycles. The van der Waals surface area contributed by atoms with E-state index in [1.165, 1.54) is 0 Å². The number of hydrogen-bond donors (Lipinski definition) is 2. The Morgan fingerprint density at radius 3 is 2.00 bits per heavy atom. The number of hydrogen-bond acceptors (Lipinski definition) is 2. The predicted octanol–water partition coefficient (Wildman–Crippen LogP) is 1.23. The van der Waals surface area contributed by atoms with Crippen molar-refractivity contribution in [3.05, 3.63) is 36.4 Å². The summed E-state index contributed by atoms with van der Waals surface area (Å²) in [5, 5.41) is 17.1. The highest BCUT2D eigenvalue weighted by Gasteiger charge is 2.37. The molecule has 0 aliphatic rings. The van der Waals surface area contributed by atoms with Crippen LogP contribution in [0.15, 0.2) is 36.4 Å². The summed E-state index contributed by atoms with van der Waals surface area (Å²) >= 11 is 0. The lowest BCUT2D eigenvalue weighted by Crippen LogP contribution is -2.24. The van der Waals surface area contributed by atoms with Crippen LogP contribution in [0.25, 0.3) is 0 Å². The first-order valence-electron chi connectivity index (χ1n) is 3.26. The minimum absolute atomic E-state index is 0.706. The fourth-order valence-electron chi connectivity index (χ4n) is 0.633. The van der Waals surface area contributed by atoms with E-state index in [-0.39, 0.29) is 0 Å². The standard InChI is InChI=1S/C7H8BF3O2/c1-3-4-6(8(12)13)5(2)7(9,10)11/h3-4,12-13H,1-2H2/b6-4+. The van der Waals surface area contributed by atoms with E-state index in [4.69, 9.17) is 10.0 Å². The van der Waals surface area contributed by atoms with Crippen LogP contribution in [-0.4, -0.2) is 23.3 Å². The molecule has 0 radical (unpaired) electrons. The van der Waals surface area contributed by atoms with E-state index in [2.05, 4.69) is 13.2 Å². The van der Waals surface area contributed by atoms with Crippen molar-refractivity contribution in [3.63, 3.8) is 0 Å². The largest absolute Gasteiger partial charge is 0.489 e. The quantitative estimate of drug-likeness (QED) is 0.521. The van der Waals surface area contributed by atoms with Crippen LogP contribution in [0.2, 0.25) is 0 Å². The zero-order chi connectivity index (χ0) is 10.6. The van der Waals surface area contributed by atoms with Gasteiger partial charge >= 0.3 is 13.3 Å². The van der Waals surface area contributed by atoms with E-state index in [9.17, 15) is 13.2 Å². The Morgan fingerprint density at radius 2 is 1.77 bits per heavy atom. The molecule has 0 bridgehead atoms. The van der Waals surface area contributed by atoms with Crippen LogP contribution in [-0.2, 0) is 0 Å².